The van der Waals surface area contributed by atoms with Crippen LogP contribution in [0.5, 0.6) is 0 Å². The van der Waals surface area contributed by atoms with Gasteiger partial charge in [-0.05, 0) is 17.7 Å². The molecule has 0 aromatic carbocycles. The van der Waals surface area contributed by atoms with Crippen molar-refractivity contribution in [1.29, 1.82) is 0 Å². The molecule has 2 aromatic rings. The molecular formula is C11H13N3O2S2. The normalized spacial score (nSPS) is 11.9. The molecule has 0 aliphatic heterocycles. The van der Waals surface area contributed by atoms with E-state index in [0.29, 0.717) is 5.69 Å². The van der Waals surface area contributed by atoms with Gasteiger partial charge in [0.05, 0.1) is 0 Å². The summed E-state index contributed by atoms with van der Waals surface area (Å²) in [6.07, 6.45) is 3.30. The Morgan fingerprint density at radius 2 is 2.28 bits per heavy atom. The summed E-state index contributed by atoms with van der Waals surface area (Å²) in [6.45, 7) is 0.286. The molecule has 0 unspecified atom stereocenters. The van der Waals surface area contributed by atoms with Crippen LogP contribution < -0.4 is 5.73 Å². The Kier molecular flexibility index (Phi) is 3.65. The van der Waals surface area contributed by atoms with E-state index in [2.05, 4.69) is 4.98 Å². The third-order valence-corrected chi connectivity index (χ3v) is 5.63. The maximum absolute atomic E-state index is 12.2. The standard InChI is InChI=1S/C11H13N3O2S2/c1-14(7-9-3-2-4-13-6-9)18(15,16)11-5-10(12)8-17-11/h2-6,8H,7,12H2,1H3. The molecule has 2 rings (SSSR count). The highest BCUT2D eigenvalue weighted by Gasteiger charge is 2.22. The molecule has 2 aromatic heterocycles. The molecule has 96 valence electrons. The number of thiophene rings is 1. The van der Waals surface area contributed by atoms with Gasteiger partial charge in [-0.25, -0.2) is 8.42 Å². The molecule has 7 heteroatoms. The molecule has 0 amide bonds. The molecule has 0 aliphatic carbocycles. The van der Waals surface area contributed by atoms with Gasteiger partial charge in [0.15, 0.2) is 0 Å². The average Bonchev–Trinajstić information content (AvgIpc) is 2.78. The molecule has 18 heavy (non-hydrogen) atoms. The number of anilines is 1. The summed E-state index contributed by atoms with van der Waals surface area (Å²) >= 11 is 1.13. The Balaban J connectivity index is 2.21. The maximum atomic E-state index is 12.2. The Bertz CT molecular complexity index is 623. The van der Waals surface area contributed by atoms with Gasteiger partial charge in [-0.15, -0.1) is 11.3 Å². The molecule has 2 N–H and O–H groups in total. The van der Waals surface area contributed by atoms with Gasteiger partial charge in [0, 0.05) is 37.1 Å². The highest BCUT2D eigenvalue weighted by atomic mass is 32.2. The topological polar surface area (TPSA) is 76.3 Å². The summed E-state index contributed by atoms with van der Waals surface area (Å²) in [5, 5.41) is 1.62. The summed E-state index contributed by atoms with van der Waals surface area (Å²) in [7, 11) is -1.93. The largest absolute Gasteiger partial charge is 0.398 e. The molecule has 0 atom stereocenters. The van der Waals surface area contributed by atoms with Crippen molar-refractivity contribution in [3.8, 4) is 0 Å². The van der Waals surface area contributed by atoms with E-state index in [1.165, 1.54) is 17.4 Å². The van der Waals surface area contributed by atoms with Crippen LogP contribution in [-0.4, -0.2) is 24.8 Å². The van der Waals surface area contributed by atoms with Gasteiger partial charge in [-0.1, -0.05) is 6.07 Å². The van der Waals surface area contributed by atoms with Crippen LogP contribution in [0.2, 0.25) is 0 Å². The quantitative estimate of drug-likeness (QED) is 0.923. The Labute approximate surface area is 110 Å². The lowest BCUT2D eigenvalue weighted by Gasteiger charge is -2.15. The zero-order valence-electron chi connectivity index (χ0n) is 9.78. The predicted octanol–water partition coefficient (Wildman–Crippen LogP) is 1.55. The van der Waals surface area contributed by atoms with Crippen molar-refractivity contribution < 1.29 is 8.42 Å². The van der Waals surface area contributed by atoms with E-state index >= 15 is 0 Å². The van der Waals surface area contributed by atoms with E-state index < -0.39 is 10.0 Å². The van der Waals surface area contributed by atoms with Gasteiger partial charge < -0.3 is 5.73 Å². The van der Waals surface area contributed by atoms with Crippen LogP contribution in [0, 0.1) is 0 Å². The first-order chi connectivity index (χ1) is 8.50. The fraction of sp³-hybridized carbons (Fsp3) is 0.182. The zero-order valence-corrected chi connectivity index (χ0v) is 11.4. The molecule has 0 fully saturated rings. The van der Waals surface area contributed by atoms with E-state index in [4.69, 9.17) is 5.73 Å². The van der Waals surface area contributed by atoms with Crippen molar-refractivity contribution in [2.45, 2.75) is 10.8 Å². The number of nitrogens with zero attached hydrogens (tertiary/aromatic N) is 2. The highest BCUT2D eigenvalue weighted by Crippen LogP contribution is 2.25. The Morgan fingerprint density at radius 3 is 2.83 bits per heavy atom. The first-order valence-electron chi connectivity index (χ1n) is 5.19. The van der Waals surface area contributed by atoms with Crippen LogP contribution in [0.3, 0.4) is 0 Å². The number of hydrogen-bond acceptors (Lipinski definition) is 5. The Hall–Kier alpha value is -1.44. The fourth-order valence-corrected chi connectivity index (χ4v) is 3.90. The molecule has 0 radical (unpaired) electrons. The Morgan fingerprint density at radius 1 is 1.50 bits per heavy atom. The number of nitrogen functional groups attached to an aromatic ring is 1. The number of sulfonamides is 1. The van der Waals surface area contributed by atoms with Gasteiger partial charge in [-0.3, -0.25) is 4.98 Å². The number of aromatic nitrogens is 1. The minimum absolute atomic E-state index is 0.256. The molecule has 0 spiro atoms. The smallest absolute Gasteiger partial charge is 0.252 e. The number of nitrogens with two attached hydrogens (primary N) is 1. The van der Waals surface area contributed by atoms with Crippen molar-refractivity contribution in [2.75, 3.05) is 12.8 Å². The fourth-order valence-electron chi connectivity index (χ4n) is 1.45. The second-order valence-electron chi connectivity index (χ2n) is 3.82. The molecule has 2 heterocycles. The average molecular weight is 283 g/mol. The first kappa shape index (κ1) is 13.0. The maximum Gasteiger partial charge on any atom is 0.252 e. The summed E-state index contributed by atoms with van der Waals surface area (Å²) in [5.74, 6) is 0. The van der Waals surface area contributed by atoms with E-state index in [9.17, 15) is 8.42 Å². The predicted molar refractivity (Wildman–Crippen MR) is 71.6 cm³/mol. The van der Waals surface area contributed by atoms with Crippen molar-refractivity contribution in [1.82, 2.24) is 9.29 Å². The van der Waals surface area contributed by atoms with Crippen molar-refractivity contribution in [2.24, 2.45) is 0 Å². The van der Waals surface area contributed by atoms with Gasteiger partial charge in [0.2, 0.25) is 0 Å². The summed E-state index contributed by atoms with van der Waals surface area (Å²) < 4.78 is 26.0. The molecular weight excluding hydrogens is 270 g/mol. The lowest BCUT2D eigenvalue weighted by atomic mass is 10.3. The third-order valence-electron chi connectivity index (χ3n) is 2.39. The van der Waals surface area contributed by atoms with Crippen molar-refractivity contribution >= 4 is 27.0 Å². The minimum atomic E-state index is -3.47. The van der Waals surface area contributed by atoms with E-state index in [-0.39, 0.29) is 10.8 Å². The van der Waals surface area contributed by atoms with Gasteiger partial charge >= 0.3 is 0 Å². The van der Waals surface area contributed by atoms with Gasteiger partial charge in [0.1, 0.15) is 4.21 Å². The lowest BCUT2D eigenvalue weighted by Crippen LogP contribution is -2.25. The second kappa shape index (κ2) is 5.05. The first-order valence-corrected chi connectivity index (χ1v) is 7.51. The van der Waals surface area contributed by atoms with E-state index in [1.807, 2.05) is 6.07 Å². The monoisotopic (exact) mass is 283 g/mol. The number of rotatable bonds is 4. The summed E-state index contributed by atoms with van der Waals surface area (Å²) in [4.78, 5) is 3.96. The molecule has 0 aliphatic rings. The zero-order chi connectivity index (χ0) is 13.2. The van der Waals surface area contributed by atoms with Crippen LogP contribution in [0.4, 0.5) is 5.69 Å². The van der Waals surface area contributed by atoms with Crippen LogP contribution in [-0.2, 0) is 16.6 Å². The molecule has 0 saturated carbocycles. The van der Waals surface area contributed by atoms with E-state index in [1.54, 1.807) is 23.8 Å². The van der Waals surface area contributed by atoms with Crippen LogP contribution in [0.25, 0.3) is 0 Å². The van der Waals surface area contributed by atoms with Crippen LogP contribution in [0.1, 0.15) is 5.56 Å². The van der Waals surface area contributed by atoms with Crippen LogP contribution in [0.15, 0.2) is 40.2 Å². The van der Waals surface area contributed by atoms with E-state index in [0.717, 1.165) is 16.9 Å². The van der Waals surface area contributed by atoms with Crippen molar-refractivity contribution in [3.63, 3.8) is 0 Å². The molecule has 0 bridgehead atoms. The van der Waals surface area contributed by atoms with Crippen molar-refractivity contribution in [3.05, 3.63) is 41.5 Å². The minimum Gasteiger partial charge on any atom is -0.398 e. The highest BCUT2D eigenvalue weighted by molar-refractivity contribution is 7.91. The molecule has 0 saturated heterocycles. The number of pyridine rings is 1. The number of hydrogen-bond donors (Lipinski definition) is 1. The summed E-state index contributed by atoms with van der Waals surface area (Å²) in [6, 6.07) is 5.08. The molecule has 5 nitrogen and oxygen atoms in total. The van der Waals surface area contributed by atoms with Gasteiger partial charge in [0.25, 0.3) is 10.0 Å². The van der Waals surface area contributed by atoms with Gasteiger partial charge in [-0.2, -0.15) is 4.31 Å². The van der Waals surface area contributed by atoms with Crippen LogP contribution >= 0.6 is 11.3 Å². The SMILES string of the molecule is CN(Cc1cccnc1)S(=O)(=O)c1cc(N)cs1. The third kappa shape index (κ3) is 2.69. The lowest BCUT2D eigenvalue weighted by molar-refractivity contribution is 0.468. The summed E-state index contributed by atoms with van der Waals surface area (Å²) in [5.41, 5.74) is 6.85. The second-order valence-corrected chi connectivity index (χ2v) is 7.00.